The molecule has 150 valence electrons. The minimum absolute atomic E-state index is 0.625. The van der Waals surface area contributed by atoms with Crippen LogP contribution in [0.4, 0.5) is 0 Å². The summed E-state index contributed by atoms with van der Waals surface area (Å²) in [5.74, 6) is 1.06. The molecule has 3 fully saturated rings. The number of hydrogen-bond donors (Lipinski definition) is 0. The molecule has 3 aliphatic carbocycles. The SMILES string of the molecule is C=C1CC[C@@]23CCC[C@@]12[C@H]([CH2][Sn]([CH2]CCC)([CH2]CCC)[CH2]CCC)CC3. The number of rotatable bonds is 11. The van der Waals surface area contributed by atoms with Crippen molar-refractivity contribution in [2.45, 2.75) is 122 Å². The molecule has 26 heavy (non-hydrogen) atoms. The van der Waals surface area contributed by atoms with Crippen LogP contribution in [0.2, 0.25) is 17.7 Å². The molecule has 0 unspecified atom stereocenters. The summed E-state index contributed by atoms with van der Waals surface area (Å²) in [6.45, 7) is 12.0. The summed E-state index contributed by atoms with van der Waals surface area (Å²) >= 11 is -2.03. The van der Waals surface area contributed by atoms with Crippen LogP contribution in [0.15, 0.2) is 12.2 Å². The molecule has 0 amide bonds. The van der Waals surface area contributed by atoms with Gasteiger partial charge in [0.05, 0.1) is 0 Å². The van der Waals surface area contributed by atoms with E-state index in [1.54, 1.807) is 42.6 Å². The maximum absolute atomic E-state index is 4.72. The molecule has 3 atom stereocenters. The average molecular weight is 465 g/mol. The second kappa shape index (κ2) is 8.91. The van der Waals surface area contributed by atoms with Gasteiger partial charge in [0.1, 0.15) is 0 Å². The van der Waals surface area contributed by atoms with E-state index < -0.39 is 18.4 Å². The number of allylic oxidation sites excluding steroid dienone is 1. The van der Waals surface area contributed by atoms with E-state index in [1.165, 1.54) is 64.2 Å². The third-order valence-corrected chi connectivity index (χ3v) is 25.2. The van der Waals surface area contributed by atoms with Gasteiger partial charge in [-0.05, 0) is 0 Å². The number of unbranched alkanes of at least 4 members (excludes halogenated alkanes) is 3. The van der Waals surface area contributed by atoms with Crippen molar-refractivity contribution in [3.63, 3.8) is 0 Å². The maximum atomic E-state index is 4.72. The van der Waals surface area contributed by atoms with Crippen molar-refractivity contribution in [2.24, 2.45) is 16.7 Å². The van der Waals surface area contributed by atoms with Gasteiger partial charge in [-0.2, -0.15) is 0 Å². The topological polar surface area (TPSA) is 0 Å². The van der Waals surface area contributed by atoms with E-state index in [9.17, 15) is 0 Å². The van der Waals surface area contributed by atoms with E-state index in [1.807, 2.05) is 0 Å². The Morgan fingerprint density at radius 2 is 1.50 bits per heavy atom. The molecule has 3 saturated carbocycles. The first-order chi connectivity index (χ1) is 12.6. The number of hydrogen-bond acceptors (Lipinski definition) is 0. The van der Waals surface area contributed by atoms with Crippen molar-refractivity contribution in [3.8, 4) is 0 Å². The van der Waals surface area contributed by atoms with Crippen molar-refractivity contribution in [1.29, 1.82) is 0 Å². The van der Waals surface area contributed by atoms with E-state index in [4.69, 9.17) is 6.58 Å². The first-order valence-corrected chi connectivity index (χ1v) is 20.3. The summed E-state index contributed by atoms with van der Waals surface area (Å²) < 4.78 is 6.86. The molecule has 0 aromatic heterocycles. The first-order valence-electron chi connectivity index (χ1n) is 12.3. The standard InChI is InChI=1S/C13H19.3C4H9.Sn/c1-10-4-8-12-6-3-7-13(10,12)11(2)5-9-12;3*1-3-4-2;/h10H,1-9H2;3*1,3-4H2,2H3;/t10-,12+,13-;;;;/m1..../s1. The predicted molar refractivity (Wildman–Crippen MR) is 120 cm³/mol. The molecule has 0 aromatic carbocycles. The van der Waals surface area contributed by atoms with E-state index in [0.29, 0.717) is 5.41 Å². The zero-order valence-electron chi connectivity index (χ0n) is 18.3. The van der Waals surface area contributed by atoms with Gasteiger partial charge in [0.25, 0.3) is 0 Å². The molecule has 0 N–H and O–H groups in total. The van der Waals surface area contributed by atoms with Gasteiger partial charge in [-0.25, -0.2) is 0 Å². The van der Waals surface area contributed by atoms with Crippen molar-refractivity contribution < 1.29 is 0 Å². The molecule has 1 heteroatoms. The first kappa shape index (κ1) is 21.3. The minimum atomic E-state index is -2.03. The van der Waals surface area contributed by atoms with Crippen molar-refractivity contribution in [3.05, 3.63) is 12.2 Å². The molecule has 3 aliphatic rings. The van der Waals surface area contributed by atoms with Crippen LogP contribution < -0.4 is 0 Å². The van der Waals surface area contributed by atoms with Crippen LogP contribution in [0.5, 0.6) is 0 Å². The Morgan fingerprint density at radius 3 is 2.08 bits per heavy atom. The Balaban J connectivity index is 1.84. The van der Waals surface area contributed by atoms with Crippen LogP contribution in [-0.4, -0.2) is 18.4 Å². The van der Waals surface area contributed by atoms with Crippen molar-refractivity contribution in [1.82, 2.24) is 0 Å². The van der Waals surface area contributed by atoms with Gasteiger partial charge in [-0.3, -0.25) is 0 Å². The van der Waals surface area contributed by atoms with Crippen LogP contribution in [-0.2, 0) is 0 Å². The van der Waals surface area contributed by atoms with Crippen LogP contribution in [0.3, 0.4) is 0 Å². The van der Waals surface area contributed by atoms with Gasteiger partial charge in [-0.1, -0.05) is 0 Å². The molecule has 0 aromatic rings. The molecule has 0 aliphatic heterocycles. The van der Waals surface area contributed by atoms with Gasteiger partial charge in [-0.15, -0.1) is 0 Å². The molecule has 0 bridgehead atoms. The van der Waals surface area contributed by atoms with Crippen LogP contribution in [0, 0.1) is 16.7 Å². The quantitative estimate of drug-likeness (QED) is 0.211. The van der Waals surface area contributed by atoms with Gasteiger partial charge in [0, 0.05) is 0 Å². The Morgan fingerprint density at radius 1 is 0.885 bits per heavy atom. The van der Waals surface area contributed by atoms with Gasteiger partial charge in [0.2, 0.25) is 0 Å². The average Bonchev–Trinajstić information content (AvgIpc) is 3.25. The molecule has 0 heterocycles. The van der Waals surface area contributed by atoms with Gasteiger partial charge < -0.3 is 0 Å². The van der Waals surface area contributed by atoms with Crippen molar-refractivity contribution >= 4 is 18.4 Å². The predicted octanol–water partition coefficient (Wildman–Crippen LogP) is 8.75. The summed E-state index contributed by atoms with van der Waals surface area (Å²) in [7, 11) is 0. The molecule has 0 saturated heterocycles. The van der Waals surface area contributed by atoms with Crippen LogP contribution >= 0.6 is 0 Å². The summed E-state index contributed by atoms with van der Waals surface area (Å²) in [4.78, 5) is 0. The molecule has 3 rings (SSSR count). The van der Waals surface area contributed by atoms with Gasteiger partial charge in [0.15, 0.2) is 0 Å². The molecule has 0 spiro atoms. The van der Waals surface area contributed by atoms with Crippen LogP contribution in [0.25, 0.3) is 0 Å². The van der Waals surface area contributed by atoms with E-state index >= 15 is 0 Å². The summed E-state index contributed by atoms with van der Waals surface area (Å²) in [6, 6.07) is 0. The van der Waals surface area contributed by atoms with Crippen LogP contribution in [0.1, 0.15) is 104 Å². The molecule has 0 radical (unpaired) electrons. The fourth-order valence-electron chi connectivity index (χ4n) is 7.94. The second-order valence-corrected chi connectivity index (χ2v) is 24.5. The van der Waals surface area contributed by atoms with Crippen molar-refractivity contribution in [2.75, 3.05) is 0 Å². The Kier molecular flexibility index (Phi) is 7.29. The normalized spacial score (nSPS) is 33.7. The zero-order valence-corrected chi connectivity index (χ0v) is 21.2. The summed E-state index contributed by atoms with van der Waals surface area (Å²) in [5.41, 5.74) is 3.08. The third-order valence-electron chi connectivity index (χ3n) is 9.24. The molecule has 0 nitrogen and oxygen atoms in total. The Hall–Kier alpha value is 0.539. The second-order valence-electron chi connectivity index (χ2n) is 10.5. The summed E-state index contributed by atoms with van der Waals surface area (Å²) in [5, 5.41) is 0. The Labute approximate surface area is 168 Å². The fraction of sp³-hybridized carbons (Fsp3) is 0.920. The van der Waals surface area contributed by atoms with Gasteiger partial charge >= 0.3 is 169 Å². The molecular formula is C25H46Sn. The van der Waals surface area contributed by atoms with E-state index in [-0.39, 0.29) is 0 Å². The molecular weight excluding hydrogens is 419 g/mol. The monoisotopic (exact) mass is 466 g/mol. The van der Waals surface area contributed by atoms with E-state index in [2.05, 4.69) is 20.8 Å². The zero-order chi connectivity index (χ0) is 18.7. The van der Waals surface area contributed by atoms with E-state index in [0.717, 1.165) is 11.3 Å². The fourth-order valence-corrected chi connectivity index (χ4v) is 25.8. The Bertz CT molecular complexity index is 459. The summed E-state index contributed by atoms with van der Waals surface area (Å²) in [6.07, 6.45) is 19.5. The third kappa shape index (κ3) is 3.59.